The second-order valence-electron chi connectivity index (χ2n) is 5.86. The lowest BCUT2D eigenvalue weighted by atomic mass is 10.1. The van der Waals surface area contributed by atoms with Gasteiger partial charge in [-0.25, -0.2) is 9.97 Å². The van der Waals surface area contributed by atoms with Crippen molar-refractivity contribution in [2.24, 2.45) is 4.99 Å². The summed E-state index contributed by atoms with van der Waals surface area (Å²) in [5.74, 6) is -0.562. The number of nitrogens with zero attached hydrogens (tertiary/aromatic N) is 6. The van der Waals surface area contributed by atoms with Crippen LogP contribution in [0, 0.1) is 0 Å². The molecule has 0 radical (unpaired) electrons. The maximum Gasteiger partial charge on any atom is 0.433 e. The van der Waals surface area contributed by atoms with Crippen LogP contribution >= 0.6 is 0 Å². The fourth-order valence-corrected chi connectivity index (χ4v) is 2.49. The fraction of sp³-hybridized carbons (Fsp3) is 0.222. The Morgan fingerprint density at radius 3 is 2.69 bits per heavy atom. The molecule has 8 nitrogen and oxygen atoms in total. The number of aromatic nitrogens is 5. The Morgan fingerprint density at radius 1 is 1.24 bits per heavy atom. The van der Waals surface area contributed by atoms with Crippen molar-refractivity contribution in [1.82, 2.24) is 25.0 Å². The predicted octanol–water partition coefficient (Wildman–Crippen LogP) is 3.14. The maximum absolute atomic E-state index is 12.9. The number of rotatable bonds is 6. The first kappa shape index (κ1) is 20.1. The van der Waals surface area contributed by atoms with Crippen molar-refractivity contribution >= 4 is 12.7 Å². The molecule has 0 fully saturated rings. The van der Waals surface area contributed by atoms with E-state index < -0.39 is 17.8 Å². The molecule has 1 aromatic carbocycles. The lowest BCUT2D eigenvalue weighted by Gasteiger charge is -2.08. The van der Waals surface area contributed by atoms with E-state index in [1.807, 2.05) is 0 Å². The summed E-state index contributed by atoms with van der Waals surface area (Å²) in [6, 6.07) is 7.35. The lowest BCUT2D eigenvalue weighted by Crippen LogP contribution is -2.09. The van der Waals surface area contributed by atoms with Crippen molar-refractivity contribution < 1.29 is 22.7 Å². The summed E-state index contributed by atoms with van der Waals surface area (Å²) in [4.78, 5) is 23.5. The van der Waals surface area contributed by atoms with E-state index in [9.17, 15) is 18.0 Å². The molecule has 0 amide bonds. The summed E-state index contributed by atoms with van der Waals surface area (Å²) < 4.78 is 43.7. The van der Waals surface area contributed by atoms with E-state index in [-0.39, 0.29) is 19.1 Å². The van der Waals surface area contributed by atoms with Crippen LogP contribution in [-0.4, -0.2) is 37.6 Å². The van der Waals surface area contributed by atoms with Gasteiger partial charge in [-0.3, -0.25) is 9.79 Å². The van der Waals surface area contributed by atoms with Crippen LogP contribution in [0.4, 0.5) is 13.2 Å². The van der Waals surface area contributed by atoms with E-state index in [4.69, 9.17) is 4.74 Å². The quantitative estimate of drug-likeness (QED) is 0.463. The molecule has 0 aliphatic carbocycles. The number of aliphatic imine (C=N–C) groups is 1. The minimum absolute atomic E-state index is 0.0719. The molecule has 0 saturated carbocycles. The first-order valence-corrected chi connectivity index (χ1v) is 8.29. The number of carbonyl (C=O) groups is 1. The topological polar surface area (TPSA) is 95.2 Å². The van der Waals surface area contributed by atoms with Crippen molar-refractivity contribution in [3.63, 3.8) is 0 Å². The molecule has 150 valence electrons. The Balaban J connectivity index is 1.99. The second kappa shape index (κ2) is 8.17. The zero-order valence-corrected chi connectivity index (χ0v) is 15.2. The van der Waals surface area contributed by atoms with Gasteiger partial charge in [-0.2, -0.15) is 18.3 Å². The van der Waals surface area contributed by atoms with E-state index >= 15 is 0 Å². The Labute approximate surface area is 163 Å². The molecule has 11 heteroatoms. The minimum atomic E-state index is -4.57. The number of ether oxygens (including phenoxy) is 1. The van der Waals surface area contributed by atoms with E-state index in [0.29, 0.717) is 22.5 Å². The Bertz CT molecular complexity index is 1050. The molecule has 3 aromatic rings. The van der Waals surface area contributed by atoms with Gasteiger partial charge in [0.05, 0.1) is 6.54 Å². The third-order valence-corrected chi connectivity index (χ3v) is 3.71. The minimum Gasteiger partial charge on any atom is -0.441 e. The van der Waals surface area contributed by atoms with Crippen LogP contribution in [0.3, 0.4) is 0 Å². The monoisotopic (exact) mass is 404 g/mol. The summed E-state index contributed by atoms with van der Waals surface area (Å²) in [5.41, 5.74) is 0.807. The number of halogens is 3. The molecule has 2 heterocycles. The van der Waals surface area contributed by atoms with Crippen molar-refractivity contribution in [3.05, 3.63) is 47.9 Å². The van der Waals surface area contributed by atoms with Gasteiger partial charge in [0.25, 0.3) is 0 Å². The third-order valence-electron chi connectivity index (χ3n) is 3.71. The van der Waals surface area contributed by atoms with Crippen LogP contribution < -0.4 is 0 Å². The van der Waals surface area contributed by atoms with Crippen molar-refractivity contribution in [1.29, 1.82) is 0 Å². The lowest BCUT2D eigenvalue weighted by molar-refractivity contribution is -0.145. The summed E-state index contributed by atoms with van der Waals surface area (Å²) >= 11 is 0. The van der Waals surface area contributed by atoms with E-state index in [1.54, 1.807) is 24.3 Å². The molecule has 0 aliphatic rings. The Kier molecular flexibility index (Phi) is 5.66. The van der Waals surface area contributed by atoms with Gasteiger partial charge in [0.15, 0.2) is 5.82 Å². The summed E-state index contributed by atoms with van der Waals surface area (Å²) in [7, 11) is 0. The first-order valence-electron chi connectivity index (χ1n) is 8.29. The summed E-state index contributed by atoms with van der Waals surface area (Å²) in [6.45, 7) is 4.66. The second-order valence-corrected chi connectivity index (χ2v) is 5.86. The molecule has 0 unspecified atom stereocenters. The number of hydrogen-bond donors (Lipinski definition) is 0. The number of alkyl halides is 3. The fourth-order valence-electron chi connectivity index (χ4n) is 2.49. The van der Waals surface area contributed by atoms with Gasteiger partial charge in [0.1, 0.15) is 17.1 Å². The van der Waals surface area contributed by atoms with E-state index in [2.05, 4.69) is 31.9 Å². The highest BCUT2D eigenvalue weighted by Gasteiger charge is 2.32. The Hall–Kier alpha value is -3.63. The van der Waals surface area contributed by atoms with Crippen molar-refractivity contribution in [2.45, 2.75) is 26.4 Å². The van der Waals surface area contributed by atoms with Crippen LogP contribution in [0.5, 0.6) is 0 Å². The van der Waals surface area contributed by atoms with Gasteiger partial charge in [-0.15, -0.1) is 9.90 Å². The smallest absolute Gasteiger partial charge is 0.433 e. The molecule has 0 aliphatic heterocycles. The van der Waals surface area contributed by atoms with Crippen LogP contribution in [0.25, 0.3) is 22.6 Å². The average molecular weight is 404 g/mol. The largest absolute Gasteiger partial charge is 0.441 e. The molecular formula is C18H15F3N6O2. The van der Waals surface area contributed by atoms with Crippen LogP contribution in [0.2, 0.25) is 0 Å². The van der Waals surface area contributed by atoms with Crippen molar-refractivity contribution in [2.75, 3.05) is 0 Å². The van der Waals surface area contributed by atoms with Gasteiger partial charge in [-0.05, 0) is 18.9 Å². The predicted molar refractivity (Wildman–Crippen MR) is 96.5 cm³/mol. The highest BCUT2D eigenvalue weighted by atomic mass is 19.4. The molecule has 0 bridgehead atoms. The summed E-state index contributed by atoms with van der Waals surface area (Å²) in [6.07, 6.45) is -3.52. The van der Waals surface area contributed by atoms with Crippen LogP contribution in [-0.2, 0) is 29.0 Å². The van der Waals surface area contributed by atoms with Gasteiger partial charge >= 0.3 is 12.1 Å². The van der Waals surface area contributed by atoms with E-state index in [0.717, 1.165) is 12.3 Å². The zero-order chi connectivity index (χ0) is 21.0. The molecule has 3 rings (SSSR count). The highest BCUT2D eigenvalue weighted by molar-refractivity contribution is 5.69. The molecule has 0 atom stereocenters. The number of carbonyl (C=O) groups excluding carboxylic acids is 1. The van der Waals surface area contributed by atoms with Crippen LogP contribution in [0.15, 0.2) is 41.5 Å². The highest BCUT2D eigenvalue weighted by Crippen LogP contribution is 2.30. The molecular weight excluding hydrogens is 389 g/mol. The SMILES string of the molecule is C=NCc1nn(COC(C)=O)nc1-c1cccc(-c2nccc(C(F)(F)F)n2)c1. The molecule has 0 saturated heterocycles. The molecule has 29 heavy (non-hydrogen) atoms. The molecule has 0 spiro atoms. The number of esters is 1. The van der Waals surface area contributed by atoms with Gasteiger partial charge in [0.2, 0.25) is 6.73 Å². The Morgan fingerprint density at radius 2 is 2.00 bits per heavy atom. The normalized spacial score (nSPS) is 11.3. The number of benzene rings is 1. The standard InChI is InChI=1S/C18H15F3N6O2/c1-11(28)29-10-27-25-14(9-22-2)16(26-27)12-4-3-5-13(8-12)17-23-7-6-15(24-17)18(19,20)21/h3-8H,2,9-10H2,1H3. The first-order chi connectivity index (χ1) is 13.8. The zero-order valence-electron chi connectivity index (χ0n) is 15.2. The molecule has 0 N–H and O–H groups in total. The molecule has 2 aromatic heterocycles. The maximum atomic E-state index is 12.9. The van der Waals surface area contributed by atoms with Crippen LogP contribution in [0.1, 0.15) is 18.3 Å². The van der Waals surface area contributed by atoms with Gasteiger partial charge < -0.3 is 4.74 Å². The average Bonchev–Trinajstić information content (AvgIpc) is 3.09. The number of hydrogen-bond acceptors (Lipinski definition) is 7. The summed E-state index contributed by atoms with van der Waals surface area (Å²) in [5, 5.41) is 8.49. The van der Waals surface area contributed by atoms with Crippen molar-refractivity contribution in [3.8, 4) is 22.6 Å². The van der Waals surface area contributed by atoms with Gasteiger partial charge in [-0.1, -0.05) is 18.2 Å². The van der Waals surface area contributed by atoms with Gasteiger partial charge in [0, 0.05) is 24.2 Å². The third kappa shape index (κ3) is 4.81. The van der Waals surface area contributed by atoms with E-state index in [1.165, 1.54) is 11.7 Å².